The maximum atomic E-state index is 10.8. The molecule has 2 N–H and O–H groups in total. The quantitative estimate of drug-likeness (QED) is 0.766. The van der Waals surface area contributed by atoms with E-state index in [1.54, 1.807) is 6.20 Å². The maximum absolute atomic E-state index is 10.8. The topological polar surface area (TPSA) is 62.0 Å². The molecule has 0 aliphatic rings. The Morgan fingerprint density at radius 3 is 3.00 bits per heavy atom. The average Bonchev–Trinajstić information content (AvgIpc) is 2.68. The van der Waals surface area contributed by atoms with Gasteiger partial charge in [0.15, 0.2) is 6.29 Å². The number of hydrogen-bond acceptors (Lipinski definition) is 2. The van der Waals surface area contributed by atoms with E-state index in [1.807, 2.05) is 18.2 Å². The lowest BCUT2D eigenvalue weighted by Gasteiger charge is -2.02. The molecule has 0 saturated heterocycles. The van der Waals surface area contributed by atoms with Gasteiger partial charge in [0.2, 0.25) is 5.91 Å². The average molecular weight is 216 g/mol. The van der Waals surface area contributed by atoms with Crippen molar-refractivity contribution in [3.8, 4) is 0 Å². The summed E-state index contributed by atoms with van der Waals surface area (Å²) in [6, 6.07) is 5.73. The van der Waals surface area contributed by atoms with Gasteiger partial charge in [0, 0.05) is 36.1 Å². The van der Waals surface area contributed by atoms with Crippen LogP contribution in [0.5, 0.6) is 0 Å². The Balaban J connectivity index is 2.34. The van der Waals surface area contributed by atoms with Crippen molar-refractivity contribution in [2.45, 2.75) is 13.5 Å². The van der Waals surface area contributed by atoms with E-state index < -0.39 is 0 Å². The molecule has 0 atom stereocenters. The van der Waals surface area contributed by atoms with E-state index >= 15 is 0 Å². The van der Waals surface area contributed by atoms with Gasteiger partial charge in [0.05, 0.1) is 0 Å². The monoisotopic (exact) mass is 216 g/mol. The van der Waals surface area contributed by atoms with Crippen LogP contribution in [-0.2, 0) is 11.3 Å². The number of fused-ring (bicyclic) bond motifs is 1. The number of nitrogens with one attached hydrogen (secondary N) is 2. The molecule has 0 unspecified atom stereocenters. The fraction of sp³-hybridized carbons (Fsp3) is 0.167. The minimum atomic E-state index is -0.0650. The zero-order valence-electron chi connectivity index (χ0n) is 8.91. The molecule has 0 radical (unpaired) electrons. The molecule has 1 heterocycles. The summed E-state index contributed by atoms with van der Waals surface area (Å²) in [6.07, 6.45) is 2.50. The summed E-state index contributed by atoms with van der Waals surface area (Å²) in [5, 5.41) is 3.61. The Hall–Kier alpha value is -2.10. The zero-order chi connectivity index (χ0) is 11.5. The predicted molar refractivity (Wildman–Crippen MR) is 61.2 cm³/mol. The molecule has 4 nitrogen and oxygen atoms in total. The van der Waals surface area contributed by atoms with E-state index in [-0.39, 0.29) is 5.91 Å². The lowest BCUT2D eigenvalue weighted by Crippen LogP contribution is -2.18. The number of rotatable bonds is 3. The minimum absolute atomic E-state index is 0.0650. The first kappa shape index (κ1) is 10.4. The molecule has 0 bridgehead atoms. The summed E-state index contributed by atoms with van der Waals surface area (Å²) in [7, 11) is 0. The molecule has 82 valence electrons. The molecule has 1 amide bonds. The first-order valence-electron chi connectivity index (χ1n) is 5.00. The first-order chi connectivity index (χ1) is 7.70. The van der Waals surface area contributed by atoms with Crippen LogP contribution in [0.2, 0.25) is 0 Å². The van der Waals surface area contributed by atoms with Gasteiger partial charge in [-0.15, -0.1) is 0 Å². The normalized spacial score (nSPS) is 10.3. The lowest BCUT2D eigenvalue weighted by molar-refractivity contribution is -0.119. The highest BCUT2D eigenvalue weighted by molar-refractivity contribution is 5.97. The van der Waals surface area contributed by atoms with Crippen molar-refractivity contribution in [1.82, 2.24) is 10.3 Å². The summed E-state index contributed by atoms with van der Waals surface area (Å²) >= 11 is 0. The molecule has 16 heavy (non-hydrogen) atoms. The van der Waals surface area contributed by atoms with E-state index in [0.29, 0.717) is 12.1 Å². The molecule has 2 aromatic rings. The first-order valence-corrected chi connectivity index (χ1v) is 5.00. The SMILES string of the molecule is CC(=O)NCc1ccc2[nH]cc(C=O)c2c1. The molecule has 0 fully saturated rings. The summed E-state index contributed by atoms with van der Waals surface area (Å²) in [5.74, 6) is -0.0650. The van der Waals surface area contributed by atoms with E-state index in [9.17, 15) is 9.59 Å². The smallest absolute Gasteiger partial charge is 0.217 e. The summed E-state index contributed by atoms with van der Waals surface area (Å²) in [4.78, 5) is 24.6. The van der Waals surface area contributed by atoms with Crippen molar-refractivity contribution in [3.05, 3.63) is 35.5 Å². The zero-order valence-corrected chi connectivity index (χ0v) is 8.91. The largest absolute Gasteiger partial charge is 0.360 e. The lowest BCUT2D eigenvalue weighted by atomic mass is 10.1. The number of carbonyl (C=O) groups excluding carboxylic acids is 2. The summed E-state index contributed by atoms with van der Waals surface area (Å²) in [6.45, 7) is 1.96. The van der Waals surface area contributed by atoms with Crippen LogP contribution in [0.3, 0.4) is 0 Å². The standard InChI is InChI=1S/C12H12N2O2/c1-8(16)13-5-9-2-3-12-11(4-9)10(7-15)6-14-12/h2-4,6-7,14H,5H2,1H3,(H,13,16). The van der Waals surface area contributed by atoms with Crippen molar-refractivity contribution in [2.75, 3.05) is 0 Å². The Labute approximate surface area is 92.7 Å². The van der Waals surface area contributed by atoms with Crippen LogP contribution in [0, 0.1) is 0 Å². The fourth-order valence-electron chi connectivity index (χ4n) is 1.62. The van der Waals surface area contributed by atoms with E-state index in [2.05, 4.69) is 10.3 Å². The van der Waals surface area contributed by atoms with E-state index in [1.165, 1.54) is 6.92 Å². The number of aldehydes is 1. The third-order valence-corrected chi connectivity index (χ3v) is 2.45. The molecular weight excluding hydrogens is 204 g/mol. The number of carbonyl (C=O) groups is 2. The molecule has 4 heteroatoms. The Kier molecular flexibility index (Phi) is 2.72. The highest BCUT2D eigenvalue weighted by Crippen LogP contribution is 2.18. The highest BCUT2D eigenvalue weighted by Gasteiger charge is 2.03. The maximum Gasteiger partial charge on any atom is 0.217 e. The second-order valence-corrected chi connectivity index (χ2v) is 3.65. The molecule has 0 aliphatic carbocycles. The van der Waals surface area contributed by atoms with Crippen LogP contribution in [0.15, 0.2) is 24.4 Å². The van der Waals surface area contributed by atoms with Crippen LogP contribution in [0.1, 0.15) is 22.8 Å². The third kappa shape index (κ3) is 1.95. The molecule has 0 saturated carbocycles. The summed E-state index contributed by atoms with van der Waals surface area (Å²) in [5.41, 5.74) is 2.54. The van der Waals surface area contributed by atoms with Gasteiger partial charge < -0.3 is 10.3 Å². The van der Waals surface area contributed by atoms with Crippen LogP contribution in [0.4, 0.5) is 0 Å². The molecule has 1 aromatic heterocycles. The van der Waals surface area contributed by atoms with Gasteiger partial charge in [0.25, 0.3) is 0 Å². The van der Waals surface area contributed by atoms with Crippen molar-refractivity contribution in [3.63, 3.8) is 0 Å². The third-order valence-electron chi connectivity index (χ3n) is 2.45. The number of benzene rings is 1. The van der Waals surface area contributed by atoms with Crippen molar-refractivity contribution < 1.29 is 9.59 Å². The predicted octanol–water partition coefficient (Wildman–Crippen LogP) is 1.62. The van der Waals surface area contributed by atoms with Gasteiger partial charge in [-0.2, -0.15) is 0 Å². The number of H-pyrrole nitrogens is 1. The Bertz CT molecular complexity index is 543. The van der Waals surface area contributed by atoms with Crippen LogP contribution in [-0.4, -0.2) is 17.2 Å². The van der Waals surface area contributed by atoms with Gasteiger partial charge in [-0.3, -0.25) is 9.59 Å². The van der Waals surface area contributed by atoms with Crippen molar-refractivity contribution in [2.24, 2.45) is 0 Å². The highest BCUT2D eigenvalue weighted by atomic mass is 16.1. The van der Waals surface area contributed by atoms with Crippen LogP contribution in [0.25, 0.3) is 10.9 Å². The van der Waals surface area contributed by atoms with E-state index in [0.717, 1.165) is 22.8 Å². The number of hydrogen-bond donors (Lipinski definition) is 2. The number of amides is 1. The van der Waals surface area contributed by atoms with Crippen LogP contribution >= 0.6 is 0 Å². The molecular formula is C12H12N2O2. The van der Waals surface area contributed by atoms with Gasteiger partial charge in [-0.25, -0.2) is 0 Å². The second-order valence-electron chi connectivity index (χ2n) is 3.65. The number of aromatic amines is 1. The van der Waals surface area contributed by atoms with Gasteiger partial charge in [-0.05, 0) is 17.7 Å². The molecule has 0 aliphatic heterocycles. The summed E-state index contributed by atoms with van der Waals surface area (Å²) < 4.78 is 0. The van der Waals surface area contributed by atoms with Crippen molar-refractivity contribution >= 4 is 23.1 Å². The van der Waals surface area contributed by atoms with Gasteiger partial charge in [-0.1, -0.05) is 6.07 Å². The van der Waals surface area contributed by atoms with Crippen molar-refractivity contribution in [1.29, 1.82) is 0 Å². The fourth-order valence-corrected chi connectivity index (χ4v) is 1.62. The Morgan fingerprint density at radius 2 is 2.31 bits per heavy atom. The van der Waals surface area contributed by atoms with Crippen LogP contribution < -0.4 is 5.32 Å². The molecule has 2 rings (SSSR count). The van der Waals surface area contributed by atoms with E-state index in [4.69, 9.17) is 0 Å². The minimum Gasteiger partial charge on any atom is -0.360 e. The Morgan fingerprint density at radius 1 is 1.50 bits per heavy atom. The molecule has 1 aromatic carbocycles. The second kappa shape index (κ2) is 4.18. The number of aromatic nitrogens is 1. The van der Waals surface area contributed by atoms with Gasteiger partial charge in [0.1, 0.15) is 0 Å². The molecule has 0 spiro atoms. The van der Waals surface area contributed by atoms with Gasteiger partial charge >= 0.3 is 0 Å².